The Labute approximate surface area is 169 Å². The summed E-state index contributed by atoms with van der Waals surface area (Å²) in [7, 11) is 0. The molecule has 0 bridgehead atoms. The molecule has 0 saturated carbocycles. The van der Waals surface area contributed by atoms with Gasteiger partial charge in [-0.15, -0.1) is 0 Å². The lowest BCUT2D eigenvalue weighted by atomic mass is 9.98. The van der Waals surface area contributed by atoms with Crippen molar-refractivity contribution in [3.63, 3.8) is 0 Å². The van der Waals surface area contributed by atoms with Crippen LogP contribution in [0.5, 0.6) is 0 Å². The lowest BCUT2D eigenvalue weighted by Crippen LogP contribution is -2.58. The summed E-state index contributed by atoms with van der Waals surface area (Å²) in [4.78, 5) is 59.1. The van der Waals surface area contributed by atoms with E-state index in [4.69, 9.17) is 10.8 Å². The van der Waals surface area contributed by atoms with E-state index in [-0.39, 0.29) is 24.8 Å². The SMILES string of the molecule is CCC(C)C(NC(=O)C(CCC(=O)O)NC(=O)C(NC(=O)CN)C(C)C)C(=O)O. The fourth-order valence-electron chi connectivity index (χ4n) is 2.50. The first-order valence-electron chi connectivity index (χ1n) is 9.49. The molecule has 0 aromatic carbocycles. The van der Waals surface area contributed by atoms with Crippen LogP contribution in [0.15, 0.2) is 0 Å². The third-order valence-corrected chi connectivity index (χ3v) is 4.51. The number of carbonyl (C=O) groups is 5. The molecule has 0 aromatic rings. The van der Waals surface area contributed by atoms with Crippen molar-refractivity contribution in [2.75, 3.05) is 6.54 Å². The number of carboxylic acid groups (broad SMARTS) is 2. The first kappa shape index (κ1) is 26.3. The van der Waals surface area contributed by atoms with E-state index in [9.17, 15) is 29.1 Å². The third-order valence-electron chi connectivity index (χ3n) is 4.51. The van der Waals surface area contributed by atoms with Crippen LogP contribution in [-0.2, 0) is 24.0 Å². The van der Waals surface area contributed by atoms with Gasteiger partial charge in [-0.1, -0.05) is 34.1 Å². The second kappa shape index (κ2) is 12.7. The van der Waals surface area contributed by atoms with Crippen molar-refractivity contribution in [2.24, 2.45) is 17.6 Å². The van der Waals surface area contributed by atoms with Gasteiger partial charge in [0.2, 0.25) is 17.7 Å². The Kier molecular flexibility index (Phi) is 11.5. The number of amides is 3. The molecule has 0 spiro atoms. The Hall–Kier alpha value is -2.69. The predicted octanol–water partition coefficient (Wildman–Crippen LogP) is -0.949. The molecule has 0 fully saturated rings. The van der Waals surface area contributed by atoms with Gasteiger partial charge in [0.25, 0.3) is 0 Å². The summed E-state index contributed by atoms with van der Waals surface area (Å²) < 4.78 is 0. The Bertz CT molecular complexity index is 609. The molecular weight excluding hydrogens is 384 g/mol. The summed E-state index contributed by atoms with van der Waals surface area (Å²) in [6.07, 6.45) is -0.166. The van der Waals surface area contributed by atoms with Crippen LogP contribution in [0, 0.1) is 11.8 Å². The minimum atomic E-state index is -1.28. The van der Waals surface area contributed by atoms with E-state index in [1.54, 1.807) is 27.7 Å². The number of rotatable bonds is 13. The molecule has 11 heteroatoms. The molecular formula is C18H32N4O7. The quantitative estimate of drug-likeness (QED) is 0.221. The standard InChI is InChI=1S/C18H32N4O7/c1-5-10(4)15(18(28)29)22-16(26)11(6-7-13(24)25)20-17(27)14(9(2)3)21-12(23)8-19/h9-11,14-15H,5-8,19H2,1-4H3,(H,20,27)(H,21,23)(H,22,26)(H,24,25)(H,28,29). The Balaban J connectivity index is 5.45. The first-order chi connectivity index (χ1) is 13.4. The summed E-state index contributed by atoms with van der Waals surface area (Å²) in [5.74, 6) is -5.17. The van der Waals surface area contributed by atoms with Crippen LogP contribution in [0.2, 0.25) is 0 Å². The Morgan fingerprint density at radius 1 is 0.897 bits per heavy atom. The first-order valence-corrected chi connectivity index (χ1v) is 9.49. The zero-order valence-corrected chi connectivity index (χ0v) is 17.2. The molecule has 0 aliphatic carbocycles. The normalized spacial score (nSPS) is 15.0. The molecule has 0 saturated heterocycles. The van der Waals surface area contributed by atoms with E-state index < -0.39 is 54.2 Å². The highest BCUT2D eigenvalue weighted by Gasteiger charge is 2.32. The van der Waals surface area contributed by atoms with Crippen molar-refractivity contribution in [2.45, 2.75) is 65.1 Å². The van der Waals surface area contributed by atoms with E-state index >= 15 is 0 Å². The smallest absolute Gasteiger partial charge is 0.326 e. The second-order valence-corrected chi connectivity index (χ2v) is 7.20. The summed E-state index contributed by atoms with van der Waals surface area (Å²) in [6, 6.07) is -3.45. The fourth-order valence-corrected chi connectivity index (χ4v) is 2.50. The van der Waals surface area contributed by atoms with E-state index in [2.05, 4.69) is 16.0 Å². The molecule has 29 heavy (non-hydrogen) atoms. The number of nitrogens with two attached hydrogens (primary N) is 1. The van der Waals surface area contributed by atoms with Crippen molar-refractivity contribution in [1.82, 2.24) is 16.0 Å². The molecule has 0 aliphatic rings. The molecule has 3 amide bonds. The van der Waals surface area contributed by atoms with Crippen LogP contribution in [0.3, 0.4) is 0 Å². The van der Waals surface area contributed by atoms with Gasteiger partial charge in [-0.05, 0) is 18.3 Å². The number of hydrogen-bond acceptors (Lipinski definition) is 6. The lowest BCUT2D eigenvalue weighted by Gasteiger charge is -2.27. The third kappa shape index (κ3) is 9.37. The highest BCUT2D eigenvalue weighted by molar-refractivity contribution is 5.94. The van der Waals surface area contributed by atoms with E-state index in [1.165, 1.54) is 0 Å². The molecule has 4 atom stereocenters. The molecule has 0 aromatic heterocycles. The van der Waals surface area contributed by atoms with Crippen molar-refractivity contribution in [3.05, 3.63) is 0 Å². The zero-order chi connectivity index (χ0) is 22.7. The average Bonchev–Trinajstić information content (AvgIpc) is 2.65. The van der Waals surface area contributed by atoms with Crippen molar-refractivity contribution >= 4 is 29.7 Å². The van der Waals surface area contributed by atoms with Gasteiger partial charge in [-0.2, -0.15) is 0 Å². The van der Waals surface area contributed by atoms with Gasteiger partial charge in [0.15, 0.2) is 0 Å². The maximum atomic E-state index is 12.6. The summed E-state index contributed by atoms with van der Waals surface area (Å²) in [5, 5.41) is 25.5. The van der Waals surface area contributed by atoms with Crippen LogP contribution < -0.4 is 21.7 Å². The zero-order valence-electron chi connectivity index (χ0n) is 17.2. The predicted molar refractivity (Wildman–Crippen MR) is 104 cm³/mol. The van der Waals surface area contributed by atoms with Crippen molar-refractivity contribution in [1.29, 1.82) is 0 Å². The average molecular weight is 416 g/mol. The van der Waals surface area contributed by atoms with E-state index in [0.29, 0.717) is 6.42 Å². The molecule has 0 rings (SSSR count). The van der Waals surface area contributed by atoms with E-state index in [0.717, 1.165) is 0 Å². The van der Waals surface area contributed by atoms with Crippen LogP contribution in [0.1, 0.15) is 47.0 Å². The van der Waals surface area contributed by atoms with Crippen LogP contribution in [-0.4, -0.2) is 64.5 Å². The van der Waals surface area contributed by atoms with Gasteiger partial charge in [-0.25, -0.2) is 4.79 Å². The number of hydrogen-bond donors (Lipinski definition) is 6. The highest BCUT2D eigenvalue weighted by Crippen LogP contribution is 2.10. The Morgan fingerprint density at radius 3 is 1.90 bits per heavy atom. The summed E-state index contributed by atoms with van der Waals surface area (Å²) >= 11 is 0. The van der Waals surface area contributed by atoms with Gasteiger partial charge >= 0.3 is 11.9 Å². The van der Waals surface area contributed by atoms with Crippen LogP contribution in [0.25, 0.3) is 0 Å². The van der Waals surface area contributed by atoms with Gasteiger partial charge in [0, 0.05) is 6.42 Å². The molecule has 166 valence electrons. The van der Waals surface area contributed by atoms with Crippen LogP contribution >= 0.6 is 0 Å². The minimum Gasteiger partial charge on any atom is -0.481 e. The molecule has 4 unspecified atom stereocenters. The number of carboxylic acids is 2. The molecule has 0 aliphatic heterocycles. The number of aliphatic carboxylic acids is 2. The molecule has 11 nitrogen and oxygen atoms in total. The largest absolute Gasteiger partial charge is 0.481 e. The second-order valence-electron chi connectivity index (χ2n) is 7.20. The number of carbonyl (C=O) groups excluding carboxylic acids is 3. The number of nitrogens with one attached hydrogen (secondary N) is 3. The highest BCUT2D eigenvalue weighted by atomic mass is 16.4. The summed E-state index contributed by atoms with van der Waals surface area (Å²) in [5.41, 5.74) is 5.25. The van der Waals surface area contributed by atoms with Crippen molar-refractivity contribution in [3.8, 4) is 0 Å². The van der Waals surface area contributed by atoms with Gasteiger partial charge in [0.05, 0.1) is 6.54 Å². The maximum Gasteiger partial charge on any atom is 0.326 e. The van der Waals surface area contributed by atoms with Gasteiger partial charge in [-0.3, -0.25) is 19.2 Å². The monoisotopic (exact) mass is 416 g/mol. The molecule has 0 heterocycles. The minimum absolute atomic E-state index is 0.241. The summed E-state index contributed by atoms with van der Waals surface area (Å²) in [6.45, 7) is 6.45. The molecule has 0 radical (unpaired) electrons. The van der Waals surface area contributed by atoms with E-state index in [1.807, 2.05) is 0 Å². The topological polar surface area (TPSA) is 188 Å². The fraction of sp³-hybridized carbons (Fsp3) is 0.722. The lowest BCUT2D eigenvalue weighted by molar-refractivity contribution is -0.144. The maximum absolute atomic E-state index is 12.6. The van der Waals surface area contributed by atoms with Gasteiger partial charge < -0.3 is 31.9 Å². The van der Waals surface area contributed by atoms with Crippen LogP contribution in [0.4, 0.5) is 0 Å². The van der Waals surface area contributed by atoms with Crippen molar-refractivity contribution < 1.29 is 34.2 Å². The Morgan fingerprint density at radius 2 is 1.48 bits per heavy atom. The van der Waals surface area contributed by atoms with Gasteiger partial charge in [0.1, 0.15) is 18.1 Å². The molecule has 7 N–H and O–H groups in total.